The Labute approximate surface area is 229 Å². The molecule has 1 atom stereocenters. The lowest BCUT2D eigenvalue weighted by molar-refractivity contribution is -0.870. The molecular weight excluding hydrogens is 492 g/mol. The van der Waals surface area contributed by atoms with E-state index in [0.29, 0.717) is 24.7 Å². The van der Waals surface area contributed by atoms with Crippen LogP contribution in [0.15, 0.2) is 91.3 Å². The summed E-state index contributed by atoms with van der Waals surface area (Å²) in [5, 5.41) is 12.9. The lowest BCUT2D eigenvalue weighted by Gasteiger charge is -2.23. The molecule has 0 aliphatic carbocycles. The lowest BCUT2D eigenvalue weighted by Crippen LogP contribution is -2.38. The summed E-state index contributed by atoms with van der Waals surface area (Å²) in [6, 6.07) is 26.0. The number of carbonyl (C=O) groups is 1. The molecule has 0 saturated carbocycles. The van der Waals surface area contributed by atoms with Crippen molar-refractivity contribution in [2.45, 2.75) is 19.1 Å². The number of carboxylic acids is 1. The van der Waals surface area contributed by atoms with Gasteiger partial charge in [-0.1, -0.05) is 42.5 Å². The van der Waals surface area contributed by atoms with Gasteiger partial charge in [0.1, 0.15) is 49.4 Å². The maximum absolute atomic E-state index is 12.1. The molecule has 1 aromatic heterocycles. The molecule has 0 radical (unpaired) electrons. The van der Waals surface area contributed by atoms with Gasteiger partial charge < -0.3 is 24.4 Å². The predicted molar refractivity (Wildman–Crippen MR) is 152 cm³/mol. The molecule has 0 aliphatic rings. The highest BCUT2D eigenvalue weighted by Gasteiger charge is 2.19. The van der Waals surface area contributed by atoms with Crippen molar-refractivity contribution in [3.05, 3.63) is 102 Å². The number of carboxylic acid groups (broad SMARTS) is 1. The molecular formula is C31H35N4O4+. The summed E-state index contributed by atoms with van der Waals surface area (Å²) < 4.78 is 12.6. The minimum Gasteiger partial charge on any atom is -0.489 e. The summed E-state index contributed by atoms with van der Waals surface area (Å²) in [5.41, 5.74) is 3.51. The van der Waals surface area contributed by atoms with Gasteiger partial charge in [0.25, 0.3) is 0 Å². The number of aromatic nitrogens is 2. The van der Waals surface area contributed by atoms with E-state index in [9.17, 15) is 9.90 Å². The molecule has 0 fully saturated rings. The van der Waals surface area contributed by atoms with E-state index < -0.39 is 12.0 Å². The normalized spacial score (nSPS) is 12.0. The van der Waals surface area contributed by atoms with Crippen molar-refractivity contribution in [2.24, 2.45) is 0 Å². The van der Waals surface area contributed by atoms with Gasteiger partial charge in [-0.2, -0.15) is 0 Å². The zero-order valence-electron chi connectivity index (χ0n) is 22.6. The number of hydrogen-bond acceptors (Lipinski definition) is 6. The van der Waals surface area contributed by atoms with Crippen LogP contribution in [0.5, 0.6) is 11.5 Å². The molecule has 4 aromatic rings. The topological polar surface area (TPSA) is 93.6 Å². The van der Waals surface area contributed by atoms with Gasteiger partial charge in [0, 0.05) is 18.1 Å². The first kappa shape index (κ1) is 27.6. The van der Waals surface area contributed by atoms with Crippen LogP contribution in [0.3, 0.4) is 0 Å². The Balaban J connectivity index is 1.38. The first-order chi connectivity index (χ1) is 18.7. The van der Waals surface area contributed by atoms with Gasteiger partial charge in [0.05, 0.1) is 26.8 Å². The van der Waals surface area contributed by atoms with Gasteiger partial charge in [-0.25, -0.2) is 14.8 Å². The van der Waals surface area contributed by atoms with E-state index in [1.807, 2.05) is 78.9 Å². The molecule has 1 heterocycles. The summed E-state index contributed by atoms with van der Waals surface area (Å²) in [6.45, 7) is 1.93. The second kappa shape index (κ2) is 12.9. The third-order valence-electron chi connectivity index (χ3n) is 6.05. The van der Waals surface area contributed by atoms with Crippen LogP contribution in [0.25, 0.3) is 11.3 Å². The second-order valence-electron chi connectivity index (χ2n) is 10.3. The van der Waals surface area contributed by atoms with Crippen molar-refractivity contribution >= 4 is 11.8 Å². The van der Waals surface area contributed by atoms with Crippen LogP contribution in [-0.4, -0.2) is 65.9 Å². The van der Waals surface area contributed by atoms with Crippen molar-refractivity contribution in [1.82, 2.24) is 9.97 Å². The van der Waals surface area contributed by atoms with Crippen LogP contribution in [-0.2, 0) is 17.8 Å². The number of ether oxygens (including phenoxy) is 2. The highest BCUT2D eigenvalue weighted by molar-refractivity contribution is 5.77. The van der Waals surface area contributed by atoms with Crippen LogP contribution >= 0.6 is 0 Å². The summed E-state index contributed by atoms with van der Waals surface area (Å²) in [7, 11) is 6.33. The van der Waals surface area contributed by atoms with Crippen LogP contribution in [0.2, 0.25) is 0 Å². The van der Waals surface area contributed by atoms with Crippen molar-refractivity contribution in [1.29, 1.82) is 0 Å². The van der Waals surface area contributed by atoms with Gasteiger partial charge in [0.15, 0.2) is 0 Å². The van der Waals surface area contributed by atoms with Gasteiger partial charge in [-0.05, 0) is 47.5 Å². The minimum absolute atomic E-state index is 0.272. The highest BCUT2D eigenvalue weighted by Crippen LogP contribution is 2.23. The third kappa shape index (κ3) is 8.83. The van der Waals surface area contributed by atoms with Crippen molar-refractivity contribution in [2.75, 3.05) is 39.6 Å². The SMILES string of the molecule is C[N+](C)(C)CCOc1cccc(C[C@H](Nc2cc(-c3ccc(OCc4ccccc4)cc3)ncn2)C(=O)O)c1. The molecule has 8 heteroatoms. The quantitative estimate of drug-likeness (QED) is 0.239. The zero-order chi connectivity index (χ0) is 27.7. The zero-order valence-corrected chi connectivity index (χ0v) is 22.6. The third-order valence-corrected chi connectivity index (χ3v) is 6.05. The number of nitrogens with zero attached hydrogens (tertiary/aromatic N) is 3. The summed E-state index contributed by atoms with van der Waals surface area (Å²) >= 11 is 0. The largest absolute Gasteiger partial charge is 0.489 e. The van der Waals surface area contributed by atoms with E-state index in [0.717, 1.165) is 39.2 Å². The Morgan fingerprint density at radius 3 is 2.33 bits per heavy atom. The van der Waals surface area contributed by atoms with E-state index in [1.54, 1.807) is 6.07 Å². The smallest absolute Gasteiger partial charge is 0.326 e. The first-order valence-electron chi connectivity index (χ1n) is 12.9. The Bertz CT molecular complexity index is 1360. The van der Waals surface area contributed by atoms with Gasteiger partial charge >= 0.3 is 5.97 Å². The Morgan fingerprint density at radius 2 is 1.62 bits per heavy atom. The summed E-state index contributed by atoms with van der Waals surface area (Å²) in [6.07, 6.45) is 1.70. The summed E-state index contributed by atoms with van der Waals surface area (Å²) in [4.78, 5) is 20.7. The number of rotatable bonds is 13. The minimum atomic E-state index is -0.966. The average Bonchev–Trinajstić information content (AvgIpc) is 2.92. The van der Waals surface area contributed by atoms with E-state index in [1.165, 1.54) is 6.33 Å². The molecule has 0 spiro atoms. The van der Waals surface area contributed by atoms with Crippen molar-refractivity contribution in [3.8, 4) is 22.8 Å². The van der Waals surface area contributed by atoms with E-state index in [-0.39, 0.29) is 6.42 Å². The van der Waals surface area contributed by atoms with Gasteiger partial charge in [-0.3, -0.25) is 0 Å². The predicted octanol–water partition coefficient (Wildman–Crippen LogP) is 4.92. The fraction of sp³-hybridized carbons (Fsp3) is 0.258. The second-order valence-corrected chi connectivity index (χ2v) is 10.3. The van der Waals surface area contributed by atoms with Crippen LogP contribution < -0.4 is 14.8 Å². The molecule has 0 amide bonds. The molecule has 4 rings (SSSR count). The number of likely N-dealkylation sites (N-methyl/N-ethyl adjacent to an activating group) is 1. The van der Waals surface area contributed by atoms with E-state index in [2.05, 4.69) is 36.4 Å². The molecule has 202 valence electrons. The number of nitrogens with one attached hydrogen (secondary N) is 1. The Morgan fingerprint density at radius 1 is 0.872 bits per heavy atom. The van der Waals surface area contributed by atoms with Crippen LogP contribution in [0.1, 0.15) is 11.1 Å². The molecule has 0 saturated heterocycles. The van der Waals surface area contributed by atoms with Crippen molar-refractivity contribution in [3.63, 3.8) is 0 Å². The average molecular weight is 528 g/mol. The molecule has 0 unspecified atom stereocenters. The number of hydrogen-bond donors (Lipinski definition) is 2. The fourth-order valence-corrected chi connectivity index (χ4v) is 3.87. The monoisotopic (exact) mass is 527 g/mol. The maximum atomic E-state index is 12.1. The van der Waals surface area contributed by atoms with E-state index in [4.69, 9.17) is 9.47 Å². The molecule has 0 bridgehead atoms. The van der Waals surface area contributed by atoms with Crippen LogP contribution in [0, 0.1) is 0 Å². The Kier molecular flexibility index (Phi) is 9.12. The number of aliphatic carboxylic acids is 1. The number of anilines is 1. The highest BCUT2D eigenvalue weighted by atomic mass is 16.5. The molecule has 3 aromatic carbocycles. The first-order valence-corrected chi connectivity index (χ1v) is 12.9. The van der Waals surface area contributed by atoms with Crippen LogP contribution in [0.4, 0.5) is 5.82 Å². The maximum Gasteiger partial charge on any atom is 0.326 e. The van der Waals surface area contributed by atoms with E-state index >= 15 is 0 Å². The van der Waals surface area contributed by atoms with Crippen molar-refractivity contribution < 1.29 is 23.9 Å². The summed E-state index contributed by atoms with van der Waals surface area (Å²) in [5.74, 6) is 0.953. The molecule has 39 heavy (non-hydrogen) atoms. The fourth-order valence-electron chi connectivity index (χ4n) is 3.87. The Hall–Kier alpha value is -4.43. The number of benzene rings is 3. The number of quaternary nitrogens is 1. The molecule has 8 nitrogen and oxygen atoms in total. The molecule has 0 aliphatic heterocycles. The lowest BCUT2D eigenvalue weighted by atomic mass is 10.1. The van der Waals surface area contributed by atoms with Gasteiger partial charge in [0.2, 0.25) is 0 Å². The molecule has 2 N–H and O–H groups in total. The standard InChI is InChI=1S/C31H34N4O4/c1-35(2,3)16-17-38-27-11-7-10-24(18-27)19-29(31(36)37)34-30-20-28(32-22-33-30)25-12-14-26(15-13-25)39-21-23-8-5-4-6-9-23/h4-15,18,20,22,29H,16-17,19,21H2,1-3H3,(H-,32,33,34,36,37)/p+1/t29-/m0/s1. The van der Waals surface area contributed by atoms with Gasteiger partial charge in [-0.15, -0.1) is 0 Å².